The van der Waals surface area contributed by atoms with Crippen LogP contribution in [-0.4, -0.2) is 39.2 Å². The predicted molar refractivity (Wildman–Crippen MR) is 102 cm³/mol. The number of sulfone groups is 1. The monoisotopic (exact) mass is 368 g/mol. The first kappa shape index (κ1) is 20.2. The molecule has 1 aromatic carbocycles. The van der Waals surface area contributed by atoms with Crippen LogP contribution in [0.15, 0.2) is 24.3 Å². The molecule has 25 heavy (non-hydrogen) atoms. The Balaban J connectivity index is 1.70. The van der Waals surface area contributed by atoms with Crippen molar-refractivity contribution in [2.24, 2.45) is 5.41 Å². The van der Waals surface area contributed by atoms with Crippen LogP contribution in [0.25, 0.3) is 0 Å². The average molecular weight is 369 g/mol. The quantitative estimate of drug-likeness (QED) is 0.585. The number of hydrogen-bond donors (Lipinski definition) is 0. The Morgan fingerprint density at radius 3 is 2.56 bits per heavy atom. The summed E-state index contributed by atoms with van der Waals surface area (Å²) < 4.78 is 35.8. The van der Waals surface area contributed by atoms with Gasteiger partial charge in [0.05, 0.1) is 24.2 Å². The third-order valence-electron chi connectivity index (χ3n) is 4.23. The zero-order valence-electron chi connectivity index (χ0n) is 15.8. The molecule has 1 aliphatic rings. The zero-order chi connectivity index (χ0) is 18.3. The van der Waals surface area contributed by atoms with Crippen LogP contribution in [0.5, 0.6) is 5.75 Å². The largest absolute Gasteiger partial charge is 0.490 e. The molecule has 142 valence electrons. The molecule has 1 aliphatic carbocycles. The van der Waals surface area contributed by atoms with Gasteiger partial charge in [-0.3, -0.25) is 0 Å². The van der Waals surface area contributed by atoms with E-state index < -0.39 is 9.84 Å². The lowest BCUT2D eigenvalue weighted by atomic mass is 9.96. The van der Waals surface area contributed by atoms with Crippen LogP contribution in [0, 0.1) is 5.41 Å². The maximum Gasteiger partial charge on any atom is 0.150 e. The molecule has 0 spiro atoms. The smallest absolute Gasteiger partial charge is 0.150 e. The molecule has 0 aromatic heterocycles. The zero-order valence-corrected chi connectivity index (χ0v) is 16.6. The first-order valence-corrected chi connectivity index (χ1v) is 11.1. The van der Waals surface area contributed by atoms with E-state index in [0.29, 0.717) is 32.2 Å². The summed E-state index contributed by atoms with van der Waals surface area (Å²) in [4.78, 5) is 0. The van der Waals surface area contributed by atoms with E-state index in [-0.39, 0.29) is 16.9 Å². The highest BCUT2D eigenvalue weighted by Crippen LogP contribution is 2.25. The van der Waals surface area contributed by atoms with Crippen LogP contribution in [0.2, 0.25) is 0 Å². The van der Waals surface area contributed by atoms with E-state index in [1.54, 1.807) is 0 Å². The lowest BCUT2D eigenvalue weighted by molar-refractivity contribution is 0.0720. The Bertz CT molecular complexity index is 627. The Morgan fingerprint density at radius 1 is 1.16 bits per heavy atom. The molecule has 0 atom stereocenters. The van der Waals surface area contributed by atoms with E-state index in [0.717, 1.165) is 24.2 Å². The molecule has 4 nitrogen and oxygen atoms in total. The highest BCUT2D eigenvalue weighted by molar-refractivity contribution is 7.91. The molecule has 1 saturated carbocycles. The minimum absolute atomic E-state index is 0.117. The van der Waals surface area contributed by atoms with Gasteiger partial charge in [-0.2, -0.15) is 0 Å². The van der Waals surface area contributed by atoms with Crippen molar-refractivity contribution in [1.29, 1.82) is 0 Å². The van der Waals surface area contributed by atoms with Crippen LogP contribution in [0.1, 0.15) is 52.0 Å². The van der Waals surface area contributed by atoms with Crippen molar-refractivity contribution in [3.05, 3.63) is 29.8 Å². The second-order valence-corrected chi connectivity index (χ2v) is 10.5. The standard InChI is InChI=1S/C20H32O4S/c1-20(2,3)16-23-12-6-13-25(21,22)14-11-17-7-4-10-19(15-17)24-18-8-5-9-18/h4,7,10,15,18H,5-6,8-9,11-14,16H2,1-3H3. The number of rotatable bonds is 10. The number of aryl methyl sites for hydroxylation is 1. The van der Waals surface area contributed by atoms with Gasteiger partial charge in [-0.05, 0) is 55.2 Å². The summed E-state index contributed by atoms with van der Waals surface area (Å²) in [6, 6.07) is 7.83. The van der Waals surface area contributed by atoms with Crippen molar-refractivity contribution in [3.63, 3.8) is 0 Å². The molecule has 1 fully saturated rings. The molecule has 0 radical (unpaired) electrons. The highest BCUT2D eigenvalue weighted by Gasteiger charge is 2.19. The third-order valence-corrected chi connectivity index (χ3v) is 5.97. The summed E-state index contributed by atoms with van der Waals surface area (Å²) in [5.74, 6) is 1.23. The van der Waals surface area contributed by atoms with Crippen molar-refractivity contribution in [3.8, 4) is 5.75 Å². The van der Waals surface area contributed by atoms with E-state index in [9.17, 15) is 8.42 Å². The van der Waals surface area contributed by atoms with Crippen molar-refractivity contribution >= 4 is 9.84 Å². The molecule has 0 unspecified atom stereocenters. The van der Waals surface area contributed by atoms with Gasteiger partial charge in [0.2, 0.25) is 0 Å². The first-order chi connectivity index (χ1) is 11.7. The topological polar surface area (TPSA) is 52.6 Å². The first-order valence-electron chi connectivity index (χ1n) is 9.27. The average Bonchev–Trinajstić information content (AvgIpc) is 2.48. The SMILES string of the molecule is CC(C)(C)COCCCS(=O)(=O)CCc1cccc(OC2CCC2)c1. The van der Waals surface area contributed by atoms with Crippen LogP contribution in [-0.2, 0) is 21.0 Å². The van der Waals surface area contributed by atoms with Gasteiger partial charge in [0, 0.05) is 6.61 Å². The third kappa shape index (κ3) is 8.23. The molecule has 1 aromatic rings. The fourth-order valence-corrected chi connectivity index (χ4v) is 3.90. The Kier molecular flexibility index (Phi) is 7.32. The number of ether oxygens (including phenoxy) is 2. The van der Waals surface area contributed by atoms with Gasteiger partial charge in [0.25, 0.3) is 0 Å². The van der Waals surface area contributed by atoms with E-state index >= 15 is 0 Å². The molecule has 0 bridgehead atoms. The molecule has 2 rings (SSSR count). The van der Waals surface area contributed by atoms with Crippen LogP contribution < -0.4 is 4.74 Å². The van der Waals surface area contributed by atoms with Crippen molar-refractivity contribution in [2.75, 3.05) is 24.7 Å². The van der Waals surface area contributed by atoms with Gasteiger partial charge in [0.1, 0.15) is 5.75 Å². The predicted octanol–water partition coefficient (Wildman–Crippen LogP) is 4.03. The summed E-state index contributed by atoms with van der Waals surface area (Å²) in [6.07, 6.45) is 4.91. The Hall–Kier alpha value is -1.07. The maximum atomic E-state index is 12.2. The second-order valence-electron chi connectivity index (χ2n) is 8.19. The van der Waals surface area contributed by atoms with Gasteiger partial charge in [-0.1, -0.05) is 32.9 Å². The maximum absolute atomic E-state index is 12.2. The second kappa shape index (κ2) is 9.04. The van der Waals surface area contributed by atoms with Gasteiger partial charge < -0.3 is 9.47 Å². The van der Waals surface area contributed by atoms with Gasteiger partial charge in [-0.25, -0.2) is 8.42 Å². The van der Waals surface area contributed by atoms with Crippen molar-refractivity contribution < 1.29 is 17.9 Å². The summed E-state index contributed by atoms with van der Waals surface area (Å²) in [5, 5.41) is 0. The lowest BCUT2D eigenvalue weighted by Gasteiger charge is -2.26. The van der Waals surface area contributed by atoms with Crippen molar-refractivity contribution in [2.45, 2.75) is 59.0 Å². The minimum Gasteiger partial charge on any atom is -0.490 e. The molecule has 0 amide bonds. The minimum atomic E-state index is -3.05. The molecule has 5 heteroatoms. The van der Waals surface area contributed by atoms with Gasteiger partial charge in [0.15, 0.2) is 9.84 Å². The lowest BCUT2D eigenvalue weighted by Crippen LogP contribution is -2.24. The van der Waals surface area contributed by atoms with Crippen LogP contribution >= 0.6 is 0 Å². The van der Waals surface area contributed by atoms with Crippen molar-refractivity contribution in [1.82, 2.24) is 0 Å². The van der Waals surface area contributed by atoms with E-state index in [1.165, 1.54) is 6.42 Å². The highest BCUT2D eigenvalue weighted by atomic mass is 32.2. The summed E-state index contributed by atoms with van der Waals surface area (Å²) in [5.41, 5.74) is 1.13. The fourth-order valence-electron chi connectivity index (χ4n) is 2.59. The van der Waals surface area contributed by atoms with Gasteiger partial charge >= 0.3 is 0 Å². The summed E-state index contributed by atoms with van der Waals surface area (Å²) in [6.45, 7) is 7.47. The van der Waals surface area contributed by atoms with Crippen LogP contribution in [0.4, 0.5) is 0 Å². The van der Waals surface area contributed by atoms with E-state index in [4.69, 9.17) is 9.47 Å². The molecule has 0 aliphatic heterocycles. The van der Waals surface area contributed by atoms with E-state index in [1.807, 2.05) is 24.3 Å². The van der Waals surface area contributed by atoms with Gasteiger partial charge in [-0.15, -0.1) is 0 Å². The summed E-state index contributed by atoms with van der Waals surface area (Å²) >= 11 is 0. The molecule has 0 heterocycles. The molecular formula is C20H32O4S. The molecule has 0 N–H and O–H groups in total. The molecular weight excluding hydrogens is 336 g/mol. The Labute approximate surface area is 152 Å². The fraction of sp³-hybridized carbons (Fsp3) is 0.700. The molecule has 0 saturated heterocycles. The normalized spacial score (nSPS) is 15.8. The summed E-state index contributed by atoms with van der Waals surface area (Å²) in [7, 11) is -3.05. The number of benzene rings is 1. The van der Waals surface area contributed by atoms with Crippen LogP contribution in [0.3, 0.4) is 0 Å². The van der Waals surface area contributed by atoms with E-state index in [2.05, 4.69) is 20.8 Å². The Morgan fingerprint density at radius 2 is 1.92 bits per heavy atom. The number of hydrogen-bond acceptors (Lipinski definition) is 4.